The Morgan fingerprint density at radius 1 is 1.41 bits per heavy atom. The SMILES string of the molecule is O=S1(=O)CCC(c2ncc3ccc(O)cn23)C1. The van der Waals surface area contributed by atoms with Crippen molar-refractivity contribution in [3.05, 3.63) is 30.4 Å². The molecular weight excluding hydrogens is 240 g/mol. The van der Waals surface area contributed by atoms with Crippen LogP contribution < -0.4 is 0 Å². The van der Waals surface area contributed by atoms with Crippen molar-refractivity contribution >= 4 is 15.4 Å². The van der Waals surface area contributed by atoms with Crippen molar-refractivity contribution in [3.63, 3.8) is 0 Å². The molecule has 0 bridgehead atoms. The third-order valence-corrected chi connectivity index (χ3v) is 4.91. The predicted molar refractivity (Wildman–Crippen MR) is 62.9 cm³/mol. The molecule has 0 spiro atoms. The second-order valence-corrected chi connectivity index (χ2v) is 6.63. The lowest BCUT2D eigenvalue weighted by Gasteiger charge is -2.06. The van der Waals surface area contributed by atoms with E-state index in [0.29, 0.717) is 6.42 Å². The molecule has 1 saturated heterocycles. The van der Waals surface area contributed by atoms with E-state index < -0.39 is 9.84 Å². The van der Waals surface area contributed by atoms with Gasteiger partial charge in [-0.25, -0.2) is 13.4 Å². The molecule has 1 unspecified atom stereocenters. The quantitative estimate of drug-likeness (QED) is 0.820. The number of aromatic hydroxyl groups is 1. The molecule has 5 nitrogen and oxygen atoms in total. The monoisotopic (exact) mass is 252 g/mol. The number of rotatable bonds is 1. The van der Waals surface area contributed by atoms with Gasteiger partial charge in [-0.05, 0) is 18.6 Å². The van der Waals surface area contributed by atoms with Crippen molar-refractivity contribution in [2.24, 2.45) is 0 Å². The van der Waals surface area contributed by atoms with Crippen molar-refractivity contribution in [1.82, 2.24) is 9.38 Å². The molecule has 90 valence electrons. The Labute approximate surface area is 98.6 Å². The van der Waals surface area contributed by atoms with Gasteiger partial charge in [0.2, 0.25) is 0 Å². The number of nitrogens with zero attached hydrogens (tertiary/aromatic N) is 2. The molecule has 1 aliphatic rings. The maximum absolute atomic E-state index is 11.5. The predicted octanol–water partition coefficient (Wildman–Crippen LogP) is 0.942. The van der Waals surface area contributed by atoms with Gasteiger partial charge in [-0.15, -0.1) is 0 Å². The zero-order chi connectivity index (χ0) is 12.0. The summed E-state index contributed by atoms with van der Waals surface area (Å²) in [6, 6.07) is 3.35. The maximum Gasteiger partial charge on any atom is 0.151 e. The number of imidazole rings is 1. The summed E-state index contributed by atoms with van der Waals surface area (Å²) < 4.78 is 24.7. The molecule has 0 radical (unpaired) electrons. The maximum atomic E-state index is 11.5. The van der Waals surface area contributed by atoms with Crippen LogP contribution in [0, 0.1) is 0 Å². The minimum Gasteiger partial charge on any atom is -0.506 e. The molecule has 0 aliphatic carbocycles. The summed E-state index contributed by atoms with van der Waals surface area (Å²) in [4.78, 5) is 4.27. The minimum atomic E-state index is -2.92. The fourth-order valence-electron chi connectivity index (χ4n) is 2.30. The number of sulfone groups is 1. The molecule has 2 aromatic heterocycles. The molecule has 17 heavy (non-hydrogen) atoms. The van der Waals surface area contributed by atoms with Crippen LogP contribution in [0.25, 0.3) is 5.52 Å². The first kappa shape index (κ1) is 10.6. The van der Waals surface area contributed by atoms with E-state index in [1.54, 1.807) is 28.9 Å². The Morgan fingerprint density at radius 3 is 2.94 bits per heavy atom. The van der Waals surface area contributed by atoms with Gasteiger partial charge in [0.1, 0.15) is 11.6 Å². The molecule has 2 aromatic rings. The standard InChI is InChI=1S/C11H12N2O3S/c14-10-2-1-9-5-12-11(13(9)6-10)8-3-4-17(15,16)7-8/h1-2,5-6,8,14H,3-4,7H2. The fourth-order valence-corrected chi connectivity index (χ4v) is 4.04. The second kappa shape index (κ2) is 3.46. The Hall–Kier alpha value is -1.56. The van der Waals surface area contributed by atoms with Crippen LogP contribution in [0.1, 0.15) is 18.2 Å². The Balaban J connectivity index is 2.09. The minimum absolute atomic E-state index is 0.0655. The smallest absolute Gasteiger partial charge is 0.151 e. The van der Waals surface area contributed by atoms with Crippen LogP contribution in [0.3, 0.4) is 0 Å². The van der Waals surface area contributed by atoms with Crippen LogP contribution in [0.4, 0.5) is 0 Å². The lowest BCUT2D eigenvalue weighted by molar-refractivity contribution is 0.471. The summed E-state index contributed by atoms with van der Waals surface area (Å²) in [5.74, 6) is 1.19. The van der Waals surface area contributed by atoms with Gasteiger partial charge in [-0.1, -0.05) is 0 Å². The van der Waals surface area contributed by atoms with E-state index in [1.807, 2.05) is 0 Å². The van der Waals surface area contributed by atoms with Crippen LogP contribution >= 0.6 is 0 Å². The summed E-state index contributed by atoms with van der Waals surface area (Å²) in [5, 5.41) is 9.45. The van der Waals surface area contributed by atoms with E-state index in [2.05, 4.69) is 4.98 Å². The number of hydrogen-bond donors (Lipinski definition) is 1. The molecule has 1 N–H and O–H groups in total. The third-order valence-electron chi connectivity index (χ3n) is 3.14. The van der Waals surface area contributed by atoms with Gasteiger partial charge < -0.3 is 5.11 Å². The highest BCUT2D eigenvalue weighted by atomic mass is 32.2. The molecule has 1 atom stereocenters. The number of pyridine rings is 1. The molecule has 6 heteroatoms. The van der Waals surface area contributed by atoms with Crippen molar-refractivity contribution in [3.8, 4) is 5.75 Å². The summed E-state index contributed by atoms with van der Waals surface area (Å²) in [6.45, 7) is 0. The molecule has 1 aliphatic heterocycles. The number of fused-ring (bicyclic) bond motifs is 1. The number of aromatic nitrogens is 2. The van der Waals surface area contributed by atoms with Gasteiger partial charge in [0, 0.05) is 5.92 Å². The zero-order valence-corrected chi connectivity index (χ0v) is 9.89. The van der Waals surface area contributed by atoms with E-state index in [9.17, 15) is 13.5 Å². The van der Waals surface area contributed by atoms with Gasteiger partial charge in [0.15, 0.2) is 9.84 Å². The summed E-state index contributed by atoms with van der Waals surface area (Å²) in [7, 11) is -2.92. The van der Waals surface area contributed by atoms with Crippen LogP contribution in [0.15, 0.2) is 24.5 Å². The van der Waals surface area contributed by atoms with E-state index in [1.165, 1.54) is 0 Å². The first-order valence-electron chi connectivity index (χ1n) is 5.41. The van der Waals surface area contributed by atoms with Crippen LogP contribution in [-0.2, 0) is 9.84 Å². The van der Waals surface area contributed by atoms with Crippen molar-refractivity contribution in [1.29, 1.82) is 0 Å². The Morgan fingerprint density at radius 2 is 2.24 bits per heavy atom. The Bertz CT molecular complexity index is 675. The highest BCUT2D eigenvalue weighted by Crippen LogP contribution is 2.29. The van der Waals surface area contributed by atoms with E-state index in [4.69, 9.17) is 0 Å². The van der Waals surface area contributed by atoms with Gasteiger partial charge in [-0.2, -0.15) is 0 Å². The molecule has 0 aromatic carbocycles. The summed E-state index contributed by atoms with van der Waals surface area (Å²) in [5.41, 5.74) is 0.863. The summed E-state index contributed by atoms with van der Waals surface area (Å²) >= 11 is 0. The molecule has 1 fully saturated rings. The Kier molecular flexibility index (Phi) is 2.16. The fraction of sp³-hybridized carbons (Fsp3) is 0.364. The van der Waals surface area contributed by atoms with Crippen molar-refractivity contribution < 1.29 is 13.5 Å². The molecule has 0 saturated carbocycles. The molecule has 3 heterocycles. The normalized spacial score (nSPS) is 23.2. The van der Waals surface area contributed by atoms with Crippen LogP contribution in [0.5, 0.6) is 5.75 Å². The molecule has 3 rings (SSSR count). The van der Waals surface area contributed by atoms with Gasteiger partial charge in [0.05, 0.1) is 29.4 Å². The molecule has 0 amide bonds. The van der Waals surface area contributed by atoms with E-state index in [-0.39, 0.29) is 23.2 Å². The highest BCUT2D eigenvalue weighted by Gasteiger charge is 2.31. The largest absolute Gasteiger partial charge is 0.506 e. The van der Waals surface area contributed by atoms with E-state index in [0.717, 1.165) is 11.3 Å². The van der Waals surface area contributed by atoms with Crippen LogP contribution in [0.2, 0.25) is 0 Å². The lowest BCUT2D eigenvalue weighted by Crippen LogP contribution is -2.07. The van der Waals surface area contributed by atoms with Crippen molar-refractivity contribution in [2.45, 2.75) is 12.3 Å². The average molecular weight is 252 g/mol. The van der Waals surface area contributed by atoms with Crippen molar-refractivity contribution in [2.75, 3.05) is 11.5 Å². The topological polar surface area (TPSA) is 71.7 Å². The van der Waals surface area contributed by atoms with Gasteiger partial charge in [0.25, 0.3) is 0 Å². The van der Waals surface area contributed by atoms with Gasteiger partial charge >= 0.3 is 0 Å². The molecular formula is C11H12N2O3S. The number of hydrogen-bond acceptors (Lipinski definition) is 4. The first-order chi connectivity index (χ1) is 8.05. The summed E-state index contributed by atoms with van der Waals surface area (Å²) in [6.07, 6.45) is 3.87. The highest BCUT2D eigenvalue weighted by molar-refractivity contribution is 7.91. The average Bonchev–Trinajstić information content (AvgIpc) is 2.81. The zero-order valence-electron chi connectivity index (χ0n) is 9.07. The lowest BCUT2D eigenvalue weighted by atomic mass is 10.1. The van der Waals surface area contributed by atoms with Crippen LogP contribution in [-0.4, -0.2) is 34.4 Å². The van der Waals surface area contributed by atoms with E-state index >= 15 is 0 Å². The third kappa shape index (κ3) is 1.78. The first-order valence-corrected chi connectivity index (χ1v) is 7.24. The second-order valence-electron chi connectivity index (χ2n) is 4.40. The van der Waals surface area contributed by atoms with Gasteiger partial charge in [-0.3, -0.25) is 4.40 Å².